The largest absolute Gasteiger partial charge is 0.481 e. The lowest BCUT2D eigenvalue weighted by Crippen LogP contribution is -2.10. The van der Waals surface area contributed by atoms with Crippen LogP contribution in [0, 0.1) is 11.8 Å². The van der Waals surface area contributed by atoms with Gasteiger partial charge in [-0.15, -0.1) is 0 Å². The third-order valence-electron chi connectivity index (χ3n) is 2.21. The van der Waals surface area contributed by atoms with E-state index in [0.29, 0.717) is 5.92 Å². The molecular formula is C9H18O2. The van der Waals surface area contributed by atoms with Crippen molar-refractivity contribution in [3.63, 3.8) is 0 Å². The molecule has 2 heteroatoms. The third kappa shape index (κ3) is 4.82. The van der Waals surface area contributed by atoms with Gasteiger partial charge in [-0.3, -0.25) is 4.79 Å². The Bertz CT molecular complexity index is 121. The molecule has 0 fully saturated rings. The molecule has 0 radical (unpaired) electrons. The predicted molar refractivity (Wildman–Crippen MR) is 45.5 cm³/mol. The minimum atomic E-state index is -0.673. The molecule has 0 aliphatic heterocycles. The van der Waals surface area contributed by atoms with E-state index < -0.39 is 5.97 Å². The molecule has 0 saturated heterocycles. The first-order chi connectivity index (χ1) is 5.07. The van der Waals surface area contributed by atoms with Crippen molar-refractivity contribution in [2.75, 3.05) is 0 Å². The zero-order valence-electron chi connectivity index (χ0n) is 7.63. The van der Waals surface area contributed by atoms with Crippen molar-refractivity contribution < 1.29 is 9.90 Å². The summed E-state index contributed by atoms with van der Waals surface area (Å²) < 4.78 is 0. The second-order valence-electron chi connectivity index (χ2n) is 3.33. The molecule has 2 nitrogen and oxygen atoms in total. The van der Waals surface area contributed by atoms with Crippen LogP contribution in [0.2, 0.25) is 0 Å². The van der Waals surface area contributed by atoms with Crippen molar-refractivity contribution in [2.24, 2.45) is 11.8 Å². The van der Waals surface area contributed by atoms with Gasteiger partial charge in [0.05, 0.1) is 5.92 Å². The second-order valence-corrected chi connectivity index (χ2v) is 3.33. The van der Waals surface area contributed by atoms with Gasteiger partial charge in [0.2, 0.25) is 0 Å². The van der Waals surface area contributed by atoms with E-state index in [1.165, 1.54) is 0 Å². The van der Waals surface area contributed by atoms with Gasteiger partial charge in [0.15, 0.2) is 0 Å². The molecule has 0 aromatic carbocycles. The van der Waals surface area contributed by atoms with Crippen LogP contribution in [0.25, 0.3) is 0 Å². The van der Waals surface area contributed by atoms with Gasteiger partial charge in [-0.1, -0.05) is 27.2 Å². The van der Waals surface area contributed by atoms with Crippen LogP contribution < -0.4 is 0 Å². The average Bonchev–Trinajstić information content (AvgIpc) is 1.99. The van der Waals surface area contributed by atoms with Crippen molar-refractivity contribution in [3.05, 3.63) is 0 Å². The molecule has 0 heterocycles. The van der Waals surface area contributed by atoms with Crippen LogP contribution in [0.5, 0.6) is 0 Å². The second kappa shape index (κ2) is 5.16. The molecule has 0 aromatic rings. The number of hydrogen-bond donors (Lipinski definition) is 1. The molecule has 0 unspecified atom stereocenters. The SMILES string of the molecule is CC[C@@H](C)CC[C@@H](C)C(=O)O. The molecule has 0 aromatic heterocycles. The van der Waals surface area contributed by atoms with Crippen LogP contribution in [0.1, 0.15) is 40.0 Å². The van der Waals surface area contributed by atoms with Gasteiger partial charge < -0.3 is 5.11 Å². The van der Waals surface area contributed by atoms with Gasteiger partial charge in [0.25, 0.3) is 0 Å². The molecule has 11 heavy (non-hydrogen) atoms. The van der Waals surface area contributed by atoms with Crippen molar-refractivity contribution in [1.82, 2.24) is 0 Å². The quantitative estimate of drug-likeness (QED) is 0.667. The van der Waals surface area contributed by atoms with Gasteiger partial charge in [-0.25, -0.2) is 0 Å². The molecular weight excluding hydrogens is 140 g/mol. The molecule has 0 aliphatic carbocycles. The highest BCUT2D eigenvalue weighted by molar-refractivity contribution is 5.69. The molecule has 2 atom stereocenters. The summed E-state index contributed by atoms with van der Waals surface area (Å²) in [7, 11) is 0. The van der Waals surface area contributed by atoms with Crippen molar-refractivity contribution in [2.45, 2.75) is 40.0 Å². The molecule has 0 saturated carbocycles. The Morgan fingerprint density at radius 1 is 1.36 bits per heavy atom. The van der Waals surface area contributed by atoms with E-state index in [9.17, 15) is 4.79 Å². The van der Waals surface area contributed by atoms with E-state index in [1.54, 1.807) is 6.92 Å². The molecule has 0 spiro atoms. The number of carboxylic acids is 1. The topological polar surface area (TPSA) is 37.3 Å². The van der Waals surface area contributed by atoms with E-state index >= 15 is 0 Å². The smallest absolute Gasteiger partial charge is 0.306 e. The lowest BCUT2D eigenvalue weighted by molar-refractivity contribution is -0.141. The summed E-state index contributed by atoms with van der Waals surface area (Å²) >= 11 is 0. The van der Waals surface area contributed by atoms with Crippen molar-refractivity contribution >= 4 is 5.97 Å². The van der Waals surface area contributed by atoms with Crippen LogP contribution in [0.3, 0.4) is 0 Å². The van der Waals surface area contributed by atoms with Gasteiger partial charge in [-0.2, -0.15) is 0 Å². The third-order valence-corrected chi connectivity index (χ3v) is 2.21. The lowest BCUT2D eigenvalue weighted by atomic mass is 9.97. The van der Waals surface area contributed by atoms with Gasteiger partial charge in [0, 0.05) is 0 Å². The number of hydrogen-bond acceptors (Lipinski definition) is 1. The minimum absolute atomic E-state index is 0.177. The molecule has 0 rings (SSSR count). The molecule has 0 aliphatic rings. The van der Waals surface area contributed by atoms with Crippen molar-refractivity contribution in [3.8, 4) is 0 Å². The van der Waals surface area contributed by atoms with Gasteiger partial charge in [-0.05, 0) is 18.8 Å². The maximum absolute atomic E-state index is 10.4. The first-order valence-corrected chi connectivity index (χ1v) is 4.30. The first-order valence-electron chi connectivity index (χ1n) is 4.30. The number of aliphatic carboxylic acids is 1. The molecule has 1 N–H and O–H groups in total. The fourth-order valence-electron chi connectivity index (χ4n) is 0.862. The predicted octanol–water partition coefficient (Wildman–Crippen LogP) is 2.53. The summed E-state index contributed by atoms with van der Waals surface area (Å²) in [5.74, 6) is -0.186. The number of carbonyl (C=O) groups is 1. The Hall–Kier alpha value is -0.530. The highest BCUT2D eigenvalue weighted by atomic mass is 16.4. The number of carboxylic acid groups (broad SMARTS) is 1. The Morgan fingerprint density at radius 3 is 2.27 bits per heavy atom. The maximum Gasteiger partial charge on any atom is 0.306 e. The number of rotatable bonds is 5. The maximum atomic E-state index is 10.4. The van der Waals surface area contributed by atoms with Crippen molar-refractivity contribution in [1.29, 1.82) is 0 Å². The Morgan fingerprint density at radius 2 is 1.91 bits per heavy atom. The van der Waals surface area contributed by atoms with E-state index in [-0.39, 0.29) is 5.92 Å². The van der Waals surface area contributed by atoms with E-state index in [2.05, 4.69) is 13.8 Å². The molecule has 0 bridgehead atoms. The van der Waals surface area contributed by atoms with Gasteiger partial charge in [0.1, 0.15) is 0 Å². The zero-order valence-corrected chi connectivity index (χ0v) is 7.63. The highest BCUT2D eigenvalue weighted by Crippen LogP contribution is 2.14. The normalized spacial score (nSPS) is 15.9. The highest BCUT2D eigenvalue weighted by Gasteiger charge is 2.11. The monoisotopic (exact) mass is 158 g/mol. The summed E-state index contributed by atoms with van der Waals surface area (Å²) in [4.78, 5) is 10.4. The minimum Gasteiger partial charge on any atom is -0.481 e. The Labute approximate surface area is 68.6 Å². The fraction of sp³-hybridized carbons (Fsp3) is 0.889. The summed E-state index contributed by atoms with van der Waals surface area (Å²) in [5, 5.41) is 8.57. The summed E-state index contributed by atoms with van der Waals surface area (Å²) in [6, 6.07) is 0. The van der Waals surface area contributed by atoms with Crippen LogP contribution in [-0.4, -0.2) is 11.1 Å². The first kappa shape index (κ1) is 10.5. The van der Waals surface area contributed by atoms with Crippen LogP contribution in [0.15, 0.2) is 0 Å². The fourth-order valence-corrected chi connectivity index (χ4v) is 0.862. The summed E-state index contributed by atoms with van der Waals surface area (Å²) in [5.41, 5.74) is 0. The van der Waals surface area contributed by atoms with E-state index in [4.69, 9.17) is 5.11 Å². The Balaban J connectivity index is 3.45. The van der Waals surface area contributed by atoms with Crippen LogP contribution in [0.4, 0.5) is 0 Å². The lowest BCUT2D eigenvalue weighted by Gasteiger charge is -2.09. The summed E-state index contributed by atoms with van der Waals surface area (Å²) in [6.07, 6.45) is 2.99. The summed E-state index contributed by atoms with van der Waals surface area (Å²) in [6.45, 7) is 6.06. The molecule has 0 amide bonds. The average molecular weight is 158 g/mol. The Kier molecular flexibility index (Phi) is 4.92. The van der Waals surface area contributed by atoms with E-state index in [1.807, 2.05) is 0 Å². The van der Waals surface area contributed by atoms with Crippen LogP contribution in [-0.2, 0) is 4.79 Å². The standard InChI is InChI=1S/C9H18O2/c1-4-7(2)5-6-8(3)9(10)11/h7-8H,4-6H2,1-3H3,(H,10,11)/t7-,8-/m1/s1. The van der Waals surface area contributed by atoms with Crippen LogP contribution >= 0.6 is 0 Å². The van der Waals surface area contributed by atoms with E-state index in [0.717, 1.165) is 19.3 Å². The zero-order chi connectivity index (χ0) is 8.85. The van der Waals surface area contributed by atoms with Gasteiger partial charge >= 0.3 is 5.97 Å². The molecule has 66 valence electrons.